The lowest BCUT2D eigenvalue weighted by atomic mass is 10.3. The summed E-state index contributed by atoms with van der Waals surface area (Å²) < 4.78 is 5.61. The SMILES string of the molecule is Nc1ccccc1OCCCSc1ncccc1Cl. The summed E-state index contributed by atoms with van der Waals surface area (Å²) in [6.07, 6.45) is 2.65. The molecule has 19 heavy (non-hydrogen) atoms. The monoisotopic (exact) mass is 294 g/mol. The normalized spacial score (nSPS) is 10.4. The van der Waals surface area contributed by atoms with Crippen molar-refractivity contribution in [2.45, 2.75) is 11.4 Å². The fourth-order valence-electron chi connectivity index (χ4n) is 1.50. The van der Waals surface area contributed by atoms with Crippen LogP contribution in [0.25, 0.3) is 0 Å². The van der Waals surface area contributed by atoms with Crippen molar-refractivity contribution in [3.63, 3.8) is 0 Å². The summed E-state index contributed by atoms with van der Waals surface area (Å²) in [5.41, 5.74) is 6.46. The van der Waals surface area contributed by atoms with E-state index in [0.29, 0.717) is 17.3 Å². The Balaban J connectivity index is 1.71. The summed E-state index contributed by atoms with van der Waals surface area (Å²) >= 11 is 7.65. The van der Waals surface area contributed by atoms with Crippen molar-refractivity contribution in [2.24, 2.45) is 0 Å². The van der Waals surface area contributed by atoms with Crippen LogP contribution in [0.2, 0.25) is 5.02 Å². The summed E-state index contributed by atoms with van der Waals surface area (Å²) in [7, 11) is 0. The van der Waals surface area contributed by atoms with Gasteiger partial charge in [-0.15, -0.1) is 11.8 Å². The molecule has 1 aromatic carbocycles. The quantitative estimate of drug-likeness (QED) is 0.499. The topological polar surface area (TPSA) is 48.1 Å². The first-order chi connectivity index (χ1) is 9.27. The fraction of sp³-hybridized carbons (Fsp3) is 0.214. The van der Waals surface area contributed by atoms with Gasteiger partial charge in [-0.3, -0.25) is 0 Å². The lowest BCUT2D eigenvalue weighted by Crippen LogP contribution is -2.01. The van der Waals surface area contributed by atoms with E-state index in [-0.39, 0.29) is 0 Å². The number of ether oxygens (including phenoxy) is 1. The van der Waals surface area contributed by atoms with Crippen LogP contribution in [0.4, 0.5) is 5.69 Å². The molecule has 2 N–H and O–H groups in total. The van der Waals surface area contributed by atoms with E-state index >= 15 is 0 Å². The molecule has 100 valence electrons. The molecule has 1 heterocycles. The number of hydrogen-bond donors (Lipinski definition) is 1. The number of thioether (sulfide) groups is 1. The third kappa shape index (κ3) is 4.33. The van der Waals surface area contributed by atoms with Gasteiger partial charge in [-0.05, 0) is 30.7 Å². The molecule has 0 saturated carbocycles. The van der Waals surface area contributed by atoms with Gasteiger partial charge in [0.25, 0.3) is 0 Å². The van der Waals surface area contributed by atoms with Gasteiger partial charge < -0.3 is 10.5 Å². The van der Waals surface area contributed by atoms with Crippen LogP contribution in [0, 0.1) is 0 Å². The number of rotatable bonds is 6. The van der Waals surface area contributed by atoms with Crippen LogP contribution in [0.15, 0.2) is 47.6 Å². The van der Waals surface area contributed by atoms with Gasteiger partial charge >= 0.3 is 0 Å². The lowest BCUT2D eigenvalue weighted by Gasteiger charge is -2.08. The number of hydrogen-bond acceptors (Lipinski definition) is 4. The molecule has 0 radical (unpaired) electrons. The van der Waals surface area contributed by atoms with Crippen molar-refractivity contribution >= 4 is 29.1 Å². The second-order valence-corrected chi connectivity index (χ2v) is 5.37. The highest BCUT2D eigenvalue weighted by Crippen LogP contribution is 2.25. The minimum absolute atomic E-state index is 0.631. The molecule has 0 atom stereocenters. The van der Waals surface area contributed by atoms with Crippen molar-refractivity contribution in [2.75, 3.05) is 18.1 Å². The molecular weight excluding hydrogens is 280 g/mol. The van der Waals surface area contributed by atoms with Crippen LogP contribution in [-0.4, -0.2) is 17.3 Å². The number of anilines is 1. The first-order valence-electron chi connectivity index (χ1n) is 5.98. The molecule has 0 bridgehead atoms. The highest BCUT2D eigenvalue weighted by molar-refractivity contribution is 7.99. The van der Waals surface area contributed by atoms with Crippen LogP contribution in [0.5, 0.6) is 5.75 Å². The molecule has 0 amide bonds. The van der Waals surface area contributed by atoms with Crippen molar-refractivity contribution < 1.29 is 4.74 Å². The second-order valence-electron chi connectivity index (χ2n) is 3.88. The number of pyridine rings is 1. The molecule has 0 aliphatic rings. The Morgan fingerprint density at radius 3 is 2.84 bits per heavy atom. The Kier molecular flexibility index (Phi) is 5.36. The van der Waals surface area contributed by atoms with Gasteiger partial charge in [-0.2, -0.15) is 0 Å². The first kappa shape index (κ1) is 14.0. The van der Waals surface area contributed by atoms with E-state index in [2.05, 4.69) is 4.98 Å². The number of nitrogens with two attached hydrogens (primary N) is 1. The standard InChI is InChI=1S/C14H15ClN2OS/c15-11-5-3-8-17-14(11)19-10-4-9-18-13-7-2-1-6-12(13)16/h1-3,5-8H,4,9-10,16H2. The molecule has 0 spiro atoms. The highest BCUT2D eigenvalue weighted by Gasteiger charge is 2.02. The van der Waals surface area contributed by atoms with E-state index < -0.39 is 0 Å². The number of nitrogen functional groups attached to an aromatic ring is 1. The summed E-state index contributed by atoms with van der Waals surface area (Å²) in [6, 6.07) is 11.2. The molecule has 2 rings (SSSR count). The molecule has 0 fully saturated rings. The number of halogens is 1. The maximum Gasteiger partial charge on any atom is 0.142 e. The summed E-state index contributed by atoms with van der Waals surface area (Å²) in [5.74, 6) is 1.65. The van der Waals surface area contributed by atoms with E-state index in [1.54, 1.807) is 18.0 Å². The number of nitrogens with zero attached hydrogens (tertiary/aromatic N) is 1. The highest BCUT2D eigenvalue weighted by atomic mass is 35.5. The Bertz CT molecular complexity index is 489. The molecule has 2 aromatic rings. The average molecular weight is 295 g/mol. The molecule has 0 aliphatic carbocycles. The number of para-hydroxylation sites is 2. The number of aromatic nitrogens is 1. The van der Waals surface area contributed by atoms with E-state index in [0.717, 1.165) is 22.9 Å². The lowest BCUT2D eigenvalue weighted by molar-refractivity contribution is 0.320. The van der Waals surface area contributed by atoms with Crippen molar-refractivity contribution in [3.8, 4) is 5.75 Å². The largest absolute Gasteiger partial charge is 0.491 e. The van der Waals surface area contributed by atoms with Gasteiger partial charge in [0, 0.05) is 11.9 Å². The van der Waals surface area contributed by atoms with Crippen LogP contribution in [-0.2, 0) is 0 Å². The molecular formula is C14H15ClN2OS. The summed E-state index contributed by atoms with van der Waals surface area (Å²) in [4.78, 5) is 4.22. The molecule has 0 unspecified atom stereocenters. The third-order valence-electron chi connectivity index (χ3n) is 2.43. The summed E-state index contributed by atoms with van der Waals surface area (Å²) in [5, 5.41) is 1.56. The molecule has 3 nitrogen and oxygen atoms in total. The minimum Gasteiger partial charge on any atom is -0.491 e. The molecule has 0 saturated heterocycles. The third-order valence-corrected chi connectivity index (χ3v) is 3.94. The van der Waals surface area contributed by atoms with Gasteiger partial charge in [-0.1, -0.05) is 23.7 Å². The van der Waals surface area contributed by atoms with E-state index in [1.807, 2.05) is 36.4 Å². The Labute approximate surface area is 122 Å². The minimum atomic E-state index is 0.631. The zero-order valence-electron chi connectivity index (χ0n) is 10.4. The smallest absolute Gasteiger partial charge is 0.142 e. The van der Waals surface area contributed by atoms with Crippen molar-refractivity contribution in [1.29, 1.82) is 0 Å². The molecule has 5 heteroatoms. The van der Waals surface area contributed by atoms with Gasteiger partial charge in [0.15, 0.2) is 0 Å². The molecule has 1 aromatic heterocycles. The van der Waals surface area contributed by atoms with E-state index in [4.69, 9.17) is 22.1 Å². The molecule has 0 aliphatic heterocycles. The van der Waals surface area contributed by atoms with E-state index in [1.165, 1.54) is 0 Å². The Morgan fingerprint density at radius 1 is 1.21 bits per heavy atom. The fourth-order valence-corrected chi connectivity index (χ4v) is 2.58. The predicted molar refractivity (Wildman–Crippen MR) is 80.9 cm³/mol. The van der Waals surface area contributed by atoms with Crippen molar-refractivity contribution in [1.82, 2.24) is 4.98 Å². The van der Waals surface area contributed by atoms with Gasteiger partial charge in [0.1, 0.15) is 10.8 Å². The maximum atomic E-state index is 6.02. The zero-order chi connectivity index (χ0) is 13.5. The second kappa shape index (κ2) is 7.26. The van der Waals surface area contributed by atoms with E-state index in [9.17, 15) is 0 Å². The van der Waals surface area contributed by atoms with Crippen LogP contribution in [0.1, 0.15) is 6.42 Å². The van der Waals surface area contributed by atoms with Crippen molar-refractivity contribution in [3.05, 3.63) is 47.6 Å². The van der Waals surface area contributed by atoms with Crippen LogP contribution >= 0.6 is 23.4 Å². The maximum absolute atomic E-state index is 6.02. The first-order valence-corrected chi connectivity index (χ1v) is 7.34. The number of benzene rings is 1. The predicted octanol–water partition coefficient (Wildman–Crippen LogP) is 3.88. The summed E-state index contributed by atoms with van der Waals surface area (Å²) in [6.45, 7) is 0.631. The Hall–Kier alpha value is -1.39. The van der Waals surface area contributed by atoms with Crippen LogP contribution < -0.4 is 10.5 Å². The van der Waals surface area contributed by atoms with Crippen LogP contribution in [0.3, 0.4) is 0 Å². The van der Waals surface area contributed by atoms with Gasteiger partial charge in [-0.25, -0.2) is 4.98 Å². The van der Waals surface area contributed by atoms with Gasteiger partial charge in [0.05, 0.1) is 17.3 Å². The average Bonchev–Trinajstić information content (AvgIpc) is 2.42. The Morgan fingerprint density at radius 2 is 2.05 bits per heavy atom. The zero-order valence-corrected chi connectivity index (χ0v) is 12.0. The van der Waals surface area contributed by atoms with Gasteiger partial charge in [0.2, 0.25) is 0 Å².